The lowest BCUT2D eigenvalue weighted by atomic mass is 9.92. The third kappa shape index (κ3) is 2.06. The van der Waals surface area contributed by atoms with Gasteiger partial charge < -0.3 is 4.90 Å². The minimum absolute atomic E-state index is 0.562. The molecule has 2 unspecified atom stereocenters. The van der Waals surface area contributed by atoms with E-state index in [1.54, 1.807) is 0 Å². The van der Waals surface area contributed by atoms with E-state index < -0.39 is 0 Å². The van der Waals surface area contributed by atoms with Crippen LogP contribution in [-0.2, 0) is 0 Å². The maximum Gasteiger partial charge on any atom is 0.0402 e. The number of hydrogen-bond donors (Lipinski definition) is 0. The summed E-state index contributed by atoms with van der Waals surface area (Å²) in [6, 6.07) is 0.562. The van der Waals surface area contributed by atoms with Crippen LogP contribution in [0.4, 0.5) is 0 Å². The fraction of sp³-hybridized carbons (Fsp3) is 0.429. The Kier molecular flexibility index (Phi) is 3.96. The van der Waals surface area contributed by atoms with Crippen molar-refractivity contribution in [3.05, 3.63) is 48.7 Å². The second kappa shape index (κ2) is 5.01. The predicted molar refractivity (Wildman–Crippen MR) is 67.6 cm³/mol. The second-order valence-corrected chi connectivity index (χ2v) is 4.01. The molecule has 82 valence electrons. The molecule has 0 radical (unpaired) electrons. The molecule has 0 aromatic rings. The van der Waals surface area contributed by atoms with Crippen molar-refractivity contribution in [2.45, 2.75) is 26.3 Å². The van der Waals surface area contributed by atoms with Gasteiger partial charge in [0, 0.05) is 24.7 Å². The van der Waals surface area contributed by atoms with Crippen LogP contribution in [0.1, 0.15) is 20.3 Å². The van der Waals surface area contributed by atoms with Gasteiger partial charge in [-0.15, -0.1) is 0 Å². The Morgan fingerprint density at radius 2 is 2.07 bits per heavy atom. The molecule has 0 aromatic carbocycles. The molecule has 1 rings (SSSR count). The van der Waals surface area contributed by atoms with Crippen molar-refractivity contribution < 1.29 is 0 Å². The maximum atomic E-state index is 3.92. The van der Waals surface area contributed by atoms with Crippen molar-refractivity contribution in [2.24, 2.45) is 5.92 Å². The highest BCUT2D eigenvalue weighted by Crippen LogP contribution is 2.35. The molecule has 0 N–H and O–H groups in total. The smallest absolute Gasteiger partial charge is 0.0402 e. The van der Waals surface area contributed by atoms with Crippen LogP contribution >= 0.6 is 0 Å². The fourth-order valence-electron chi connectivity index (χ4n) is 2.33. The lowest BCUT2D eigenvalue weighted by Gasteiger charge is -2.23. The zero-order valence-corrected chi connectivity index (χ0v) is 10.0. The van der Waals surface area contributed by atoms with Crippen LogP contribution in [0, 0.1) is 5.92 Å². The van der Waals surface area contributed by atoms with Crippen molar-refractivity contribution in [3.8, 4) is 0 Å². The third-order valence-electron chi connectivity index (χ3n) is 3.32. The molecular formula is C14H21N. The molecule has 1 heterocycles. The molecule has 1 aliphatic rings. The summed E-state index contributed by atoms with van der Waals surface area (Å²) in [6.07, 6.45) is 9.08. The van der Waals surface area contributed by atoms with Gasteiger partial charge in [0.2, 0.25) is 0 Å². The van der Waals surface area contributed by atoms with E-state index in [0.29, 0.717) is 12.0 Å². The van der Waals surface area contributed by atoms with Crippen LogP contribution in [0.2, 0.25) is 0 Å². The first kappa shape index (κ1) is 11.8. The van der Waals surface area contributed by atoms with Gasteiger partial charge in [-0.05, 0) is 25.0 Å². The molecule has 0 fully saturated rings. The van der Waals surface area contributed by atoms with E-state index in [2.05, 4.69) is 45.0 Å². The molecule has 2 atom stereocenters. The number of hydrogen-bond acceptors (Lipinski definition) is 1. The molecule has 0 saturated heterocycles. The molecule has 0 bridgehead atoms. The van der Waals surface area contributed by atoms with Gasteiger partial charge in [0.05, 0.1) is 0 Å². The number of likely N-dealkylation sites (N-methyl/N-ethyl adjacent to an activating group) is 1. The molecule has 1 nitrogen and oxygen atoms in total. The Labute approximate surface area is 93.5 Å². The Hall–Kier alpha value is -1.24. The SMILES string of the molecule is C=C/C=C\C1=C(C=C)C(CC)C(C)N1C. The molecule has 0 saturated carbocycles. The molecule has 0 aromatic heterocycles. The van der Waals surface area contributed by atoms with Gasteiger partial charge in [-0.25, -0.2) is 0 Å². The third-order valence-corrected chi connectivity index (χ3v) is 3.32. The van der Waals surface area contributed by atoms with Crippen LogP contribution in [0.25, 0.3) is 0 Å². The first-order chi connectivity index (χ1) is 7.17. The van der Waals surface area contributed by atoms with E-state index >= 15 is 0 Å². The largest absolute Gasteiger partial charge is 0.371 e. The van der Waals surface area contributed by atoms with Gasteiger partial charge in [-0.2, -0.15) is 0 Å². The van der Waals surface area contributed by atoms with Crippen LogP contribution in [0.15, 0.2) is 48.7 Å². The molecule has 0 aliphatic carbocycles. The number of rotatable bonds is 4. The van der Waals surface area contributed by atoms with Crippen molar-refractivity contribution >= 4 is 0 Å². The Balaban J connectivity index is 3.09. The summed E-state index contributed by atoms with van der Waals surface area (Å²) in [5.41, 5.74) is 2.65. The number of allylic oxidation sites excluding steroid dienone is 4. The highest BCUT2D eigenvalue weighted by atomic mass is 15.2. The molecular weight excluding hydrogens is 182 g/mol. The predicted octanol–water partition coefficient (Wildman–Crippen LogP) is 3.53. The van der Waals surface area contributed by atoms with Gasteiger partial charge in [0.15, 0.2) is 0 Å². The summed E-state index contributed by atoms with van der Waals surface area (Å²) in [7, 11) is 2.15. The standard InChI is InChI=1S/C14H21N/c1-6-9-10-14-13(8-3)12(7-2)11(4)15(14)5/h6,8-12H,1,3,7H2,2,4-5H3/b10-9-. The van der Waals surface area contributed by atoms with E-state index in [-0.39, 0.29) is 0 Å². The molecule has 0 spiro atoms. The minimum Gasteiger partial charge on any atom is -0.371 e. The van der Waals surface area contributed by atoms with E-state index in [0.717, 1.165) is 6.42 Å². The summed E-state index contributed by atoms with van der Waals surface area (Å²) < 4.78 is 0. The molecule has 1 heteroatoms. The van der Waals surface area contributed by atoms with Gasteiger partial charge in [-0.3, -0.25) is 0 Å². The van der Waals surface area contributed by atoms with Gasteiger partial charge in [0.25, 0.3) is 0 Å². The zero-order chi connectivity index (χ0) is 11.4. The van der Waals surface area contributed by atoms with E-state index in [1.807, 2.05) is 18.2 Å². The monoisotopic (exact) mass is 203 g/mol. The van der Waals surface area contributed by atoms with Crippen molar-refractivity contribution in [1.82, 2.24) is 4.90 Å². The quantitative estimate of drug-likeness (QED) is 0.632. The van der Waals surface area contributed by atoms with Crippen LogP contribution in [0.5, 0.6) is 0 Å². The second-order valence-electron chi connectivity index (χ2n) is 4.01. The summed E-state index contributed by atoms with van der Waals surface area (Å²) in [5.74, 6) is 0.608. The van der Waals surface area contributed by atoms with Crippen LogP contribution in [-0.4, -0.2) is 18.0 Å². The van der Waals surface area contributed by atoms with Crippen LogP contribution < -0.4 is 0 Å². The normalized spacial score (nSPS) is 26.5. The highest BCUT2D eigenvalue weighted by Gasteiger charge is 2.31. The average molecular weight is 203 g/mol. The summed E-state index contributed by atoms with van der Waals surface area (Å²) in [4.78, 5) is 2.32. The number of nitrogens with zero attached hydrogens (tertiary/aromatic N) is 1. The highest BCUT2D eigenvalue weighted by molar-refractivity contribution is 5.39. The molecule has 15 heavy (non-hydrogen) atoms. The van der Waals surface area contributed by atoms with Crippen LogP contribution in [0.3, 0.4) is 0 Å². The minimum atomic E-state index is 0.562. The lowest BCUT2D eigenvalue weighted by Crippen LogP contribution is -2.27. The lowest BCUT2D eigenvalue weighted by molar-refractivity contribution is 0.303. The van der Waals surface area contributed by atoms with E-state index in [4.69, 9.17) is 0 Å². The summed E-state index contributed by atoms with van der Waals surface area (Å²) in [5, 5.41) is 0. The Bertz CT molecular complexity index is 309. The van der Waals surface area contributed by atoms with E-state index in [1.165, 1.54) is 11.3 Å². The van der Waals surface area contributed by atoms with Crippen molar-refractivity contribution in [3.63, 3.8) is 0 Å². The maximum absolute atomic E-state index is 3.92. The van der Waals surface area contributed by atoms with E-state index in [9.17, 15) is 0 Å². The Morgan fingerprint density at radius 3 is 2.53 bits per heavy atom. The molecule has 0 amide bonds. The average Bonchev–Trinajstić information content (AvgIpc) is 2.48. The topological polar surface area (TPSA) is 3.24 Å². The first-order valence-electron chi connectivity index (χ1n) is 5.55. The Morgan fingerprint density at radius 1 is 1.40 bits per heavy atom. The summed E-state index contributed by atoms with van der Waals surface area (Å²) >= 11 is 0. The summed E-state index contributed by atoms with van der Waals surface area (Å²) in [6.45, 7) is 12.1. The van der Waals surface area contributed by atoms with Gasteiger partial charge >= 0.3 is 0 Å². The van der Waals surface area contributed by atoms with Crippen molar-refractivity contribution in [2.75, 3.05) is 7.05 Å². The zero-order valence-electron chi connectivity index (χ0n) is 10.0. The van der Waals surface area contributed by atoms with Gasteiger partial charge in [0.1, 0.15) is 0 Å². The molecule has 1 aliphatic heterocycles. The van der Waals surface area contributed by atoms with Crippen molar-refractivity contribution in [1.29, 1.82) is 0 Å². The fourth-order valence-corrected chi connectivity index (χ4v) is 2.33. The first-order valence-corrected chi connectivity index (χ1v) is 5.55. The van der Waals surface area contributed by atoms with Gasteiger partial charge in [-0.1, -0.05) is 38.3 Å².